The molecule has 2 N–H and O–H groups in total. The summed E-state index contributed by atoms with van der Waals surface area (Å²) in [6.07, 6.45) is 0. The van der Waals surface area contributed by atoms with Crippen molar-refractivity contribution >= 4 is 34.6 Å². The fourth-order valence-electron chi connectivity index (χ4n) is 2.51. The van der Waals surface area contributed by atoms with E-state index in [1.165, 1.54) is 18.4 Å². The van der Waals surface area contributed by atoms with Gasteiger partial charge in [-0.1, -0.05) is 30.3 Å². The molecule has 1 heterocycles. The van der Waals surface area contributed by atoms with E-state index in [0.29, 0.717) is 27.6 Å². The largest absolute Gasteiger partial charge is 0.496 e. The molecule has 0 aliphatic carbocycles. The van der Waals surface area contributed by atoms with E-state index in [1.807, 2.05) is 23.6 Å². The molecule has 2 aromatic carbocycles. The predicted octanol–water partition coefficient (Wildman–Crippen LogP) is 4.16. The van der Waals surface area contributed by atoms with Crippen molar-refractivity contribution in [2.45, 2.75) is 6.92 Å². The highest BCUT2D eigenvalue weighted by molar-refractivity contribution is 7.12. The van der Waals surface area contributed by atoms with Gasteiger partial charge in [-0.3, -0.25) is 9.59 Å². The molecule has 0 saturated carbocycles. The Hall–Kier alpha value is -3.45. The molecule has 0 fully saturated rings. The van der Waals surface area contributed by atoms with Gasteiger partial charge in [0.1, 0.15) is 5.75 Å². The number of carbonyl (C=O) groups excluding carboxylic acids is 2. The summed E-state index contributed by atoms with van der Waals surface area (Å²) in [4.78, 5) is 25.2. The van der Waals surface area contributed by atoms with Crippen LogP contribution in [0.3, 0.4) is 0 Å². The number of amides is 2. The third kappa shape index (κ3) is 4.63. The molecule has 0 atom stereocenters. The Labute approximate surface area is 166 Å². The van der Waals surface area contributed by atoms with Crippen LogP contribution in [0.2, 0.25) is 0 Å². The fraction of sp³-hybridized carbons (Fsp3) is 0.0952. The summed E-state index contributed by atoms with van der Waals surface area (Å²) >= 11 is 1.38. The quantitative estimate of drug-likeness (QED) is 0.487. The minimum Gasteiger partial charge on any atom is -0.496 e. The normalized spacial score (nSPS) is 11.0. The minimum atomic E-state index is -0.362. The monoisotopic (exact) mass is 393 g/mol. The molecule has 2 amide bonds. The van der Waals surface area contributed by atoms with E-state index in [9.17, 15) is 9.59 Å². The molecule has 0 bridgehead atoms. The van der Waals surface area contributed by atoms with Crippen molar-refractivity contribution < 1.29 is 14.3 Å². The van der Waals surface area contributed by atoms with Gasteiger partial charge < -0.3 is 10.1 Å². The van der Waals surface area contributed by atoms with E-state index in [1.54, 1.807) is 49.4 Å². The number of rotatable bonds is 6. The number of methoxy groups -OCH3 is 1. The SMILES string of the molecule is COc1ccccc1C(=O)NN=C(C)c1cccc(NC(=O)c2cccs2)c1. The van der Waals surface area contributed by atoms with Gasteiger partial charge in [0.15, 0.2) is 0 Å². The van der Waals surface area contributed by atoms with Crippen LogP contribution in [0.25, 0.3) is 0 Å². The first kappa shape index (κ1) is 19.3. The number of anilines is 1. The summed E-state index contributed by atoms with van der Waals surface area (Å²) in [5.41, 5.74) is 4.98. The molecule has 0 radical (unpaired) electrons. The second-order valence-electron chi connectivity index (χ2n) is 5.85. The van der Waals surface area contributed by atoms with Crippen LogP contribution in [-0.4, -0.2) is 24.6 Å². The molecule has 6 nitrogen and oxygen atoms in total. The zero-order chi connectivity index (χ0) is 19.9. The number of para-hydroxylation sites is 1. The standard InChI is InChI=1S/C21H19N3O3S/c1-14(23-24-20(25)17-9-3-4-10-18(17)27-2)15-7-5-8-16(13-15)22-21(26)19-11-6-12-28-19/h3-13H,1-2H3,(H,22,26)(H,24,25). The number of hydrogen-bond acceptors (Lipinski definition) is 5. The van der Waals surface area contributed by atoms with Crippen LogP contribution < -0.4 is 15.5 Å². The molecule has 3 aromatic rings. The highest BCUT2D eigenvalue weighted by Crippen LogP contribution is 2.17. The average molecular weight is 393 g/mol. The molecule has 0 aliphatic rings. The number of thiophene rings is 1. The molecule has 1 aromatic heterocycles. The number of hydrogen-bond donors (Lipinski definition) is 2. The maximum Gasteiger partial charge on any atom is 0.275 e. The van der Waals surface area contributed by atoms with Crippen molar-refractivity contribution in [1.82, 2.24) is 5.43 Å². The fourth-order valence-corrected chi connectivity index (χ4v) is 3.13. The highest BCUT2D eigenvalue weighted by atomic mass is 32.1. The number of nitrogens with one attached hydrogen (secondary N) is 2. The molecule has 0 spiro atoms. The Morgan fingerprint density at radius 2 is 1.82 bits per heavy atom. The molecule has 28 heavy (non-hydrogen) atoms. The van der Waals surface area contributed by atoms with Crippen molar-refractivity contribution in [3.05, 3.63) is 82.0 Å². The second-order valence-corrected chi connectivity index (χ2v) is 6.80. The van der Waals surface area contributed by atoms with Gasteiger partial charge in [-0.2, -0.15) is 5.10 Å². The molecule has 7 heteroatoms. The number of nitrogens with zero attached hydrogens (tertiary/aromatic N) is 1. The Morgan fingerprint density at radius 3 is 2.57 bits per heavy atom. The Bertz CT molecular complexity index is 1010. The first-order valence-corrected chi connectivity index (χ1v) is 9.39. The van der Waals surface area contributed by atoms with Crippen LogP contribution in [0.5, 0.6) is 5.75 Å². The van der Waals surface area contributed by atoms with Crippen molar-refractivity contribution in [2.24, 2.45) is 5.10 Å². The maximum absolute atomic E-state index is 12.3. The maximum atomic E-state index is 12.3. The van der Waals surface area contributed by atoms with Gasteiger partial charge in [-0.25, -0.2) is 5.43 Å². The summed E-state index contributed by atoms with van der Waals surface area (Å²) in [5, 5.41) is 8.88. The van der Waals surface area contributed by atoms with Crippen molar-refractivity contribution in [2.75, 3.05) is 12.4 Å². The molecular formula is C21H19N3O3S. The number of ether oxygens (including phenoxy) is 1. The van der Waals surface area contributed by atoms with Crippen LogP contribution in [0.15, 0.2) is 71.1 Å². The number of benzene rings is 2. The second kappa shape index (κ2) is 8.96. The zero-order valence-electron chi connectivity index (χ0n) is 15.4. The summed E-state index contributed by atoms with van der Waals surface area (Å²) < 4.78 is 5.19. The van der Waals surface area contributed by atoms with E-state index in [-0.39, 0.29) is 11.8 Å². The smallest absolute Gasteiger partial charge is 0.275 e. The summed E-state index contributed by atoms with van der Waals surface area (Å²) in [6, 6.07) is 17.8. The minimum absolute atomic E-state index is 0.161. The van der Waals surface area contributed by atoms with Gasteiger partial charge >= 0.3 is 0 Å². The Morgan fingerprint density at radius 1 is 1.00 bits per heavy atom. The van der Waals surface area contributed by atoms with E-state index in [4.69, 9.17) is 4.74 Å². The third-order valence-electron chi connectivity index (χ3n) is 3.96. The lowest BCUT2D eigenvalue weighted by Gasteiger charge is -2.08. The summed E-state index contributed by atoms with van der Waals surface area (Å²) in [6.45, 7) is 1.78. The van der Waals surface area contributed by atoms with Crippen molar-refractivity contribution in [3.8, 4) is 5.75 Å². The highest BCUT2D eigenvalue weighted by Gasteiger charge is 2.11. The topological polar surface area (TPSA) is 79.8 Å². The van der Waals surface area contributed by atoms with E-state index in [2.05, 4.69) is 15.8 Å². The zero-order valence-corrected chi connectivity index (χ0v) is 16.2. The van der Waals surface area contributed by atoms with Gasteiger partial charge in [0.05, 0.1) is 23.3 Å². The van der Waals surface area contributed by atoms with Gasteiger partial charge in [0.2, 0.25) is 0 Å². The van der Waals surface area contributed by atoms with E-state index in [0.717, 1.165) is 5.56 Å². The number of carbonyl (C=O) groups is 2. The summed E-state index contributed by atoms with van der Waals surface area (Å²) in [5.74, 6) is -0.0451. The van der Waals surface area contributed by atoms with Crippen LogP contribution in [0.4, 0.5) is 5.69 Å². The Kier molecular flexibility index (Phi) is 6.18. The van der Waals surface area contributed by atoms with Crippen LogP contribution >= 0.6 is 11.3 Å². The molecule has 0 unspecified atom stereocenters. The first-order chi connectivity index (χ1) is 13.6. The molecule has 142 valence electrons. The van der Waals surface area contributed by atoms with Gasteiger partial charge in [0.25, 0.3) is 11.8 Å². The van der Waals surface area contributed by atoms with Crippen LogP contribution in [-0.2, 0) is 0 Å². The van der Waals surface area contributed by atoms with E-state index >= 15 is 0 Å². The van der Waals surface area contributed by atoms with E-state index < -0.39 is 0 Å². The molecular weight excluding hydrogens is 374 g/mol. The van der Waals surface area contributed by atoms with Crippen LogP contribution in [0.1, 0.15) is 32.5 Å². The molecule has 3 rings (SSSR count). The number of hydrazone groups is 1. The van der Waals surface area contributed by atoms with Crippen molar-refractivity contribution in [1.29, 1.82) is 0 Å². The lowest BCUT2D eigenvalue weighted by Crippen LogP contribution is -2.20. The van der Waals surface area contributed by atoms with Gasteiger partial charge in [-0.05, 0) is 48.2 Å². The molecule has 0 saturated heterocycles. The van der Waals surface area contributed by atoms with Gasteiger partial charge in [-0.15, -0.1) is 11.3 Å². The average Bonchev–Trinajstić information content (AvgIpc) is 3.27. The van der Waals surface area contributed by atoms with Gasteiger partial charge in [0, 0.05) is 5.69 Å². The Balaban J connectivity index is 1.70. The van der Waals surface area contributed by atoms with Crippen molar-refractivity contribution in [3.63, 3.8) is 0 Å². The third-order valence-corrected chi connectivity index (χ3v) is 4.83. The van der Waals surface area contributed by atoms with Crippen LogP contribution in [0, 0.1) is 0 Å². The summed E-state index contributed by atoms with van der Waals surface area (Å²) in [7, 11) is 1.51. The first-order valence-electron chi connectivity index (χ1n) is 8.51. The lowest BCUT2D eigenvalue weighted by atomic mass is 10.1. The predicted molar refractivity (Wildman–Crippen MR) is 111 cm³/mol. The lowest BCUT2D eigenvalue weighted by molar-refractivity contribution is 0.0951. The molecule has 0 aliphatic heterocycles.